The molecular weight excluding hydrogens is 370 g/mol. The zero-order chi connectivity index (χ0) is 21.0. The maximum atomic E-state index is 12.5. The Morgan fingerprint density at radius 1 is 1.14 bits per heavy atom. The van der Waals surface area contributed by atoms with Gasteiger partial charge in [0.1, 0.15) is 23.2 Å². The number of amides is 1. The number of nitrogens with one attached hydrogen (secondary N) is 1. The van der Waals surface area contributed by atoms with Crippen molar-refractivity contribution >= 4 is 23.4 Å². The van der Waals surface area contributed by atoms with E-state index in [4.69, 9.17) is 4.42 Å². The van der Waals surface area contributed by atoms with Gasteiger partial charge in [-0.25, -0.2) is 0 Å². The minimum Gasteiger partial charge on any atom is -0.457 e. The highest BCUT2D eigenvalue weighted by Crippen LogP contribution is 2.27. The van der Waals surface area contributed by atoms with Crippen LogP contribution in [0.5, 0.6) is 0 Å². The summed E-state index contributed by atoms with van der Waals surface area (Å²) in [6.45, 7) is 3.74. The molecule has 0 saturated heterocycles. The average Bonchev–Trinajstić information content (AvgIpc) is 3.17. The molecule has 0 saturated carbocycles. The van der Waals surface area contributed by atoms with Gasteiger partial charge in [-0.05, 0) is 37.1 Å². The summed E-state index contributed by atoms with van der Waals surface area (Å²) >= 11 is 0. The summed E-state index contributed by atoms with van der Waals surface area (Å²) in [5, 5.41) is 23.1. The smallest absolute Gasteiger partial charge is 0.270 e. The molecule has 0 aliphatic carbocycles. The Balaban J connectivity index is 1.85. The molecule has 3 rings (SSSR count). The first kappa shape index (κ1) is 19.6. The zero-order valence-corrected chi connectivity index (χ0v) is 15.8. The lowest BCUT2D eigenvalue weighted by atomic mass is 10.1. The van der Waals surface area contributed by atoms with E-state index >= 15 is 0 Å². The van der Waals surface area contributed by atoms with Crippen molar-refractivity contribution in [3.05, 3.63) is 87.2 Å². The monoisotopic (exact) mass is 387 g/mol. The number of furan rings is 1. The van der Waals surface area contributed by atoms with E-state index in [0.717, 1.165) is 11.1 Å². The van der Waals surface area contributed by atoms with Crippen LogP contribution in [-0.2, 0) is 4.79 Å². The van der Waals surface area contributed by atoms with Gasteiger partial charge in [0, 0.05) is 29.5 Å². The van der Waals surface area contributed by atoms with Crippen LogP contribution >= 0.6 is 0 Å². The van der Waals surface area contributed by atoms with Crippen LogP contribution in [0.2, 0.25) is 0 Å². The highest BCUT2D eigenvalue weighted by Gasteiger charge is 2.14. The fraction of sp³-hybridized carbons (Fsp3) is 0.0909. The molecule has 0 bridgehead atoms. The molecule has 7 heteroatoms. The molecule has 1 amide bonds. The van der Waals surface area contributed by atoms with E-state index < -0.39 is 10.8 Å². The summed E-state index contributed by atoms with van der Waals surface area (Å²) in [5.41, 5.74) is 2.80. The zero-order valence-electron chi connectivity index (χ0n) is 15.8. The molecule has 144 valence electrons. The Hall–Kier alpha value is -4.18. The largest absolute Gasteiger partial charge is 0.457 e. The number of nitrogens with zero attached hydrogens (tertiary/aromatic N) is 2. The number of benzene rings is 2. The van der Waals surface area contributed by atoms with Gasteiger partial charge in [-0.3, -0.25) is 14.9 Å². The molecule has 0 spiro atoms. The van der Waals surface area contributed by atoms with Crippen LogP contribution in [-0.4, -0.2) is 10.8 Å². The molecule has 7 nitrogen and oxygen atoms in total. The van der Waals surface area contributed by atoms with E-state index in [0.29, 0.717) is 22.8 Å². The Kier molecular flexibility index (Phi) is 5.56. The number of nitro benzene ring substituents is 1. The molecule has 1 aromatic heterocycles. The van der Waals surface area contributed by atoms with E-state index in [1.54, 1.807) is 24.3 Å². The molecule has 29 heavy (non-hydrogen) atoms. The number of hydrogen-bond donors (Lipinski definition) is 1. The van der Waals surface area contributed by atoms with Crippen molar-refractivity contribution in [2.45, 2.75) is 13.8 Å². The second kappa shape index (κ2) is 8.23. The fourth-order valence-corrected chi connectivity index (χ4v) is 2.84. The van der Waals surface area contributed by atoms with Crippen LogP contribution < -0.4 is 5.32 Å². The lowest BCUT2D eigenvalue weighted by Gasteiger charge is -2.10. The van der Waals surface area contributed by atoms with Crippen molar-refractivity contribution in [1.82, 2.24) is 0 Å². The topological polar surface area (TPSA) is 109 Å². The number of non-ortho nitro benzene ring substituents is 1. The molecule has 3 aromatic rings. The molecule has 0 unspecified atom stereocenters. The molecule has 0 fully saturated rings. The van der Waals surface area contributed by atoms with Gasteiger partial charge in [-0.15, -0.1) is 0 Å². The van der Waals surface area contributed by atoms with Gasteiger partial charge in [0.25, 0.3) is 11.6 Å². The first-order valence-corrected chi connectivity index (χ1v) is 8.73. The van der Waals surface area contributed by atoms with Crippen LogP contribution in [0.1, 0.15) is 16.9 Å². The quantitative estimate of drug-likeness (QED) is 0.286. The minimum atomic E-state index is -0.543. The third-order valence-corrected chi connectivity index (χ3v) is 4.34. The molecule has 0 atom stereocenters. The number of para-hydroxylation sites is 1. The molecule has 0 radical (unpaired) electrons. The molecule has 0 aliphatic heterocycles. The highest BCUT2D eigenvalue weighted by atomic mass is 16.6. The Morgan fingerprint density at radius 2 is 1.83 bits per heavy atom. The number of hydrogen-bond acceptors (Lipinski definition) is 5. The maximum Gasteiger partial charge on any atom is 0.270 e. The van der Waals surface area contributed by atoms with Gasteiger partial charge >= 0.3 is 0 Å². The van der Waals surface area contributed by atoms with Crippen molar-refractivity contribution in [3.63, 3.8) is 0 Å². The lowest BCUT2D eigenvalue weighted by molar-refractivity contribution is -0.384. The summed E-state index contributed by atoms with van der Waals surface area (Å²) in [6.07, 6.45) is 1.34. The maximum absolute atomic E-state index is 12.5. The van der Waals surface area contributed by atoms with Crippen LogP contribution in [0.15, 0.2) is 64.6 Å². The second-order valence-corrected chi connectivity index (χ2v) is 6.40. The number of carbonyl (C=O) groups is 1. The molecule has 0 aliphatic rings. The van der Waals surface area contributed by atoms with Crippen molar-refractivity contribution < 1.29 is 14.1 Å². The number of carbonyl (C=O) groups excluding carboxylic acids is 1. The van der Waals surface area contributed by atoms with Crippen molar-refractivity contribution in [3.8, 4) is 17.4 Å². The van der Waals surface area contributed by atoms with Crippen molar-refractivity contribution in [2.24, 2.45) is 0 Å². The van der Waals surface area contributed by atoms with Crippen LogP contribution in [0, 0.1) is 35.3 Å². The predicted octanol–water partition coefficient (Wildman–Crippen LogP) is 5.02. The van der Waals surface area contributed by atoms with E-state index in [2.05, 4.69) is 5.32 Å². The number of anilines is 1. The minimum absolute atomic E-state index is 0.0540. The van der Waals surface area contributed by atoms with Crippen LogP contribution in [0.4, 0.5) is 11.4 Å². The second-order valence-electron chi connectivity index (χ2n) is 6.40. The molecular formula is C22H17N3O4. The lowest BCUT2D eigenvalue weighted by Crippen LogP contribution is -2.15. The van der Waals surface area contributed by atoms with E-state index in [-0.39, 0.29) is 11.3 Å². The third kappa shape index (κ3) is 4.39. The standard InChI is InChI=1S/C22H17N3O4/c1-14-5-3-6-15(2)21(14)24-22(26)17(13-23)12-19-9-10-20(29-19)16-7-4-8-18(11-16)25(27)28/h3-12H,1-2H3,(H,24,26)/b17-12+. The van der Waals surface area contributed by atoms with Crippen molar-refractivity contribution in [1.29, 1.82) is 5.26 Å². The number of nitriles is 1. The molecule has 1 heterocycles. The Bertz CT molecular complexity index is 1150. The Labute approximate surface area is 167 Å². The van der Waals surface area contributed by atoms with Gasteiger partial charge in [0.2, 0.25) is 0 Å². The Morgan fingerprint density at radius 3 is 2.48 bits per heavy atom. The van der Waals surface area contributed by atoms with E-state index in [1.165, 1.54) is 18.2 Å². The number of nitro groups is 1. The van der Waals surface area contributed by atoms with E-state index in [1.807, 2.05) is 38.1 Å². The van der Waals surface area contributed by atoms with Gasteiger partial charge in [-0.1, -0.05) is 30.3 Å². The summed E-state index contributed by atoms with van der Waals surface area (Å²) < 4.78 is 5.65. The summed E-state index contributed by atoms with van der Waals surface area (Å²) in [6, 6.07) is 16.8. The third-order valence-electron chi connectivity index (χ3n) is 4.34. The van der Waals surface area contributed by atoms with Gasteiger partial charge < -0.3 is 9.73 Å². The summed E-state index contributed by atoms with van der Waals surface area (Å²) in [4.78, 5) is 23.0. The number of rotatable bonds is 5. The molecule has 1 N–H and O–H groups in total. The number of aryl methyl sites for hydroxylation is 2. The fourth-order valence-electron chi connectivity index (χ4n) is 2.84. The first-order chi connectivity index (χ1) is 13.9. The van der Waals surface area contributed by atoms with E-state index in [9.17, 15) is 20.2 Å². The van der Waals surface area contributed by atoms with Crippen LogP contribution in [0.25, 0.3) is 17.4 Å². The average molecular weight is 387 g/mol. The SMILES string of the molecule is Cc1cccc(C)c1NC(=O)/C(C#N)=C/c1ccc(-c2cccc([N+](=O)[O-])c2)o1. The van der Waals surface area contributed by atoms with Gasteiger partial charge in [0.15, 0.2) is 0 Å². The van der Waals surface area contributed by atoms with Crippen LogP contribution in [0.3, 0.4) is 0 Å². The highest BCUT2D eigenvalue weighted by molar-refractivity contribution is 6.10. The molecule has 2 aromatic carbocycles. The van der Waals surface area contributed by atoms with Gasteiger partial charge in [-0.2, -0.15) is 5.26 Å². The first-order valence-electron chi connectivity index (χ1n) is 8.73. The van der Waals surface area contributed by atoms with Crippen molar-refractivity contribution in [2.75, 3.05) is 5.32 Å². The van der Waals surface area contributed by atoms with Gasteiger partial charge in [0.05, 0.1) is 4.92 Å². The summed E-state index contributed by atoms with van der Waals surface area (Å²) in [7, 11) is 0. The normalized spacial score (nSPS) is 11.0. The summed E-state index contributed by atoms with van der Waals surface area (Å²) in [5.74, 6) is 0.144. The predicted molar refractivity (Wildman–Crippen MR) is 109 cm³/mol.